The Hall–Kier alpha value is -0.510. The maximum absolute atomic E-state index is 8.93. The van der Waals surface area contributed by atoms with Crippen molar-refractivity contribution in [3.8, 4) is 0 Å². The molecule has 0 radical (unpaired) electrons. The van der Waals surface area contributed by atoms with Crippen molar-refractivity contribution in [1.29, 1.82) is 0 Å². The van der Waals surface area contributed by atoms with Gasteiger partial charge in [-0.25, -0.2) is 0 Å². The summed E-state index contributed by atoms with van der Waals surface area (Å²) in [5.41, 5.74) is 0.968. The first-order valence-corrected chi connectivity index (χ1v) is 6.74. The van der Waals surface area contributed by atoms with Crippen molar-refractivity contribution in [3.05, 3.63) is 29.8 Å². The lowest BCUT2D eigenvalue weighted by Gasteiger charge is -2.10. The summed E-state index contributed by atoms with van der Waals surface area (Å²) < 4.78 is 5.77. The van der Waals surface area contributed by atoms with E-state index < -0.39 is 0 Å². The predicted molar refractivity (Wildman–Crippen MR) is 66.7 cm³/mol. The number of hydrogen-bond donors (Lipinski definition) is 1. The van der Waals surface area contributed by atoms with Crippen molar-refractivity contribution < 1.29 is 9.84 Å². The quantitative estimate of drug-likeness (QED) is 0.818. The van der Waals surface area contributed by atoms with Gasteiger partial charge in [0.05, 0.1) is 18.8 Å². The number of rotatable bonds is 4. The molecule has 1 aromatic carbocycles. The number of ether oxygens (including phenoxy) is 1. The van der Waals surface area contributed by atoms with E-state index >= 15 is 0 Å². The van der Waals surface area contributed by atoms with Gasteiger partial charge in [-0.2, -0.15) is 0 Å². The molecule has 1 aliphatic rings. The van der Waals surface area contributed by atoms with Gasteiger partial charge in [0.1, 0.15) is 0 Å². The molecule has 0 spiro atoms. The van der Waals surface area contributed by atoms with Crippen LogP contribution in [0.5, 0.6) is 0 Å². The highest BCUT2D eigenvalue weighted by atomic mass is 32.2. The maximum Gasteiger partial charge on any atom is 0.0681 e. The van der Waals surface area contributed by atoms with Crippen molar-refractivity contribution in [2.24, 2.45) is 0 Å². The van der Waals surface area contributed by atoms with E-state index in [2.05, 4.69) is 19.1 Å². The number of hydrogen-bond acceptors (Lipinski definition) is 3. The molecule has 0 aromatic heterocycles. The van der Waals surface area contributed by atoms with Crippen LogP contribution in [0.3, 0.4) is 0 Å². The molecule has 1 aromatic rings. The summed E-state index contributed by atoms with van der Waals surface area (Å²) in [6.45, 7) is 2.26. The standard InChI is InChI=1S/C13H18O2S/c1-10-2-5-12(15-10)9-16-13-6-3-11(8-14)4-7-13/h3-4,6-7,10,12,14H,2,5,8-9H2,1H3. The molecule has 2 unspecified atom stereocenters. The Morgan fingerprint density at radius 3 is 2.62 bits per heavy atom. The maximum atomic E-state index is 8.93. The zero-order chi connectivity index (χ0) is 11.4. The minimum atomic E-state index is 0.119. The van der Waals surface area contributed by atoms with Gasteiger partial charge in [0.25, 0.3) is 0 Å². The summed E-state index contributed by atoms with van der Waals surface area (Å²) in [7, 11) is 0. The van der Waals surface area contributed by atoms with E-state index in [1.54, 1.807) is 0 Å². The molecule has 2 atom stereocenters. The number of thioether (sulfide) groups is 1. The predicted octanol–water partition coefficient (Wildman–Crippen LogP) is 2.84. The summed E-state index contributed by atoms with van der Waals surface area (Å²) in [4.78, 5) is 1.25. The van der Waals surface area contributed by atoms with E-state index in [-0.39, 0.29) is 6.61 Å². The molecule has 0 aliphatic carbocycles. The van der Waals surface area contributed by atoms with Gasteiger partial charge in [-0.3, -0.25) is 0 Å². The van der Waals surface area contributed by atoms with Crippen molar-refractivity contribution in [3.63, 3.8) is 0 Å². The molecule has 1 N–H and O–H groups in total. The smallest absolute Gasteiger partial charge is 0.0681 e. The summed E-state index contributed by atoms with van der Waals surface area (Å²) in [6, 6.07) is 8.07. The van der Waals surface area contributed by atoms with Gasteiger partial charge in [0, 0.05) is 10.6 Å². The second kappa shape index (κ2) is 5.71. The second-order valence-electron chi connectivity index (χ2n) is 4.26. The lowest BCUT2D eigenvalue weighted by Crippen LogP contribution is -2.10. The van der Waals surface area contributed by atoms with E-state index in [9.17, 15) is 0 Å². The van der Waals surface area contributed by atoms with Crippen molar-refractivity contribution >= 4 is 11.8 Å². The molecule has 0 bridgehead atoms. The Morgan fingerprint density at radius 2 is 2.06 bits per heavy atom. The Morgan fingerprint density at radius 1 is 1.31 bits per heavy atom. The second-order valence-corrected chi connectivity index (χ2v) is 5.35. The molecule has 0 saturated carbocycles. The van der Waals surface area contributed by atoms with Gasteiger partial charge in [-0.05, 0) is 37.5 Å². The molecule has 16 heavy (non-hydrogen) atoms. The molecule has 3 heteroatoms. The van der Waals surface area contributed by atoms with E-state index in [1.807, 2.05) is 23.9 Å². The van der Waals surface area contributed by atoms with Gasteiger partial charge in [0.15, 0.2) is 0 Å². The van der Waals surface area contributed by atoms with Gasteiger partial charge >= 0.3 is 0 Å². The van der Waals surface area contributed by atoms with Crippen LogP contribution < -0.4 is 0 Å². The van der Waals surface area contributed by atoms with Gasteiger partial charge in [0.2, 0.25) is 0 Å². The highest BCUT2D eigenvalue weighted by Crippen LogP contribution is 2.26. The fourth-order valence-corrected chi connectivity index (χ4v) is 2.84. The van der Waals surface area contributed by atoms with Gasteiger partial charge in [-0.1, -0.05) is 12.1 Å². The van der Waals surface area contributed by atoms with Crippen molar-refractivity contribution in [1.82, 2.24) is 0 Å². The van der Waals surface area contributed by atoms with E-state index in [0.29, 0.717) is 12.2 Å². The molecule has 0 amide bonds. The Labute approximate surface area is 101 Å². The van der Waals surface area contributed by atoms with E-state index in [4.69, 9.17) is 9.84 Å². The summed E-state index contributed by atoms with van der Waals surface area (Å²) >= 11 is 1.83. The van der Waals surface area contributed by atoms with Crippen LogP contribution in [0.4, 0.5) is 0 Å². The summed E-state index contributed by atoms with van der Waals surface area (Å²) in [6.07, 6.45) is 3.22. The van der Waals surface area contributed by atoms with Gasteiger partial charge in [-0.15, -0.1) is 11.8 Å². The van der Waals surface area contributed by atoms with Crippen LogP contribution in [-0.4, -0.2) is 23.1 Å². The lowest BCUT2D eigenvalue weighted by molar-refractivity contribution is 0.0700. The van der Waals surface area contributed by atoms with Crippen molar-refractivity contribution in [2.75, 3.05) is 5.75 Å². The molecule has 1 saturated heterocycles. The highest BCUT2D eigenvalue weighted by molar-refractivity contribution is 7.99. The third kappa shape index (κ3) is 3.24. The van der Waals surface area contributed by atoms with Crippen LogP contribution in [0.2, 0.25) is 0 Å². The van der Waals surface area contributed by atoms with Crippen LogP contribution in [0.15, 0.2) is 29.2 Å². The third-order valence-corrected chi connectivity index (χ3v) is 4.01. The molecule has 2 rings (SSSR count). The molecule has 1 fully saturated rings. The minimum Gasteiger partial charge on any atom is -0.392 e. The van der Waals surface area contributed by atoms with Crippen LogP contribution in [0.1, 0.15) is 25.3 Å². The normalized spacial score (nSPS) is 24.9. The molecular formula is C13H18O2S. The number of aliphatic hydroxyl groups is 1. The third-order valence-electron chi connectivity index (χ3n) is 2.86. The summed E-state index contributed by atoms with van der Waals surface area (Å²) in [5, 5.41) is 8.93. The zero-order valence-electron chi connectivity index (χ0n) is 9.56. The first-order valence-electron chi connectivity index (χ1n) is 5.76. The Bertz CT molecular complexity index is 323. The average Bonchev–Trinajstić information content (AvgIpc) is 2.73. The SMILES string of the molecule is CC1CCC(CSc2ccc(CO)cc2)O1. The highest BCUT2D eigenvalue weighted by Gasteiger charge is 2.21. The minimum absolute atomic E-state index is 0.119. The summed E-state index contributed by atoms with van der Waals surface area (Å²) in [5.74, 6) is 1.03. The Balaban J connectivity index is 1.80. The van der Waals surface area contributed by atoms with Crippen LogP contribution >= 0.6 is 11.8 Å². The largest absolute Gasteiger partial charge is 0.392 e. The van der Waals surface area contributed by atoms with Crippen molar-refractivity contribution in [2.45, 2.75) is 43.5 Å². The van der Waals surface area contributed by atoms with E-state index in [1.165, 1.54) is 17.7 Å². The lowest BCUT2D eigenvalue weighted by atomic mass is 10.2. The molecule has 1 heterocycles. The van der Waals surface area contributed by atoms with Crippen LogP contribution in [0, 0.1) is 0 Å². The molecular weight excluding hydrogens is 220 g/mol. The number of benzene rings is 1. The number of aliphatic hydroxyl groups excluding tert-OH is 1. The molecule has 88 valence electrons. The zero-order valence-corrected chi connectivity index (χ0v) is 10.4. The average molecular weight is 238 g/mol. The fraction of sp³-hybridized carbons (Fsp3) is 0.538. The van der Waals surface area contributed by atoms with Crippen LogP contribution in [-0.2, 0) is 11.3 Å². The topological polar surface area (TPSA) is 29.5 Å². The first-order chi connectivity index (χ1) is 7.78. The first kappa shape index (κ1) is 12.0. The fourth-order valence-electron chi connectivity index (χ4n) is 1.89. The Kier molecular flexibility index (Phi) is 4.27. The molecule has 1 aliphatic heterocycles. The van der Waals surface area contributed by atoms with Gasteiger partial charge < -0.3 is 9.84 Å². The van der Waals surface area contributed by atoms with Crippen LogP contribution in [0.25, 0.3) is 0 Å². The molecule has 2 nitrogen and oxygen atoms in total. The van der Waals surface area contributed by atoms with E-state index in [0.717, 1.165) is 11.3 Å². The monoisotopic (exact) mass is 238 g/mol.